The predicted octanol–water partition coefficient (Wildman–Crippen LogP) is 3.06. The topological polar surface area (TPSA) is 34.0 Å². The van der Waals surface area contributed by atoms with Crippen LogP contribution in [0.3, 0.4) is 0 Å². The fourth-order valence-electron chi connectivity index (χ4n) is 2.10. The first kappa shape index (κ1) is 13.7. The summed E-state index contributed by atoms with van der Waals surface area (Å²) in [5, 5.41) is 4.13. The van der Waals surface area contributed by atoms with Gasteiger partial charge in [-0.05, 0) is 44.6 Å². The van der Waals surface area contributed by atoms with Crippen molar-refractivity contribution in [2.24, 2.45) is 0 Å². The van der Waals surface area contributed by atoms with Crippen molar-refractivity contribution >= 4 is 0 Å². The second kappa shape index (κ2) is 6.48. The zero-order valence-corrected chi connectivity index (χ0v) is 12.0. The fourth-order valence-corrected chi connectivity index (χ4v) is 2.10. The Hall–Kier alpha value is -1.68. The Labute approximate surface area is 115 Å². The van der Waals surface area contributed by atoms with E-state index >= 15 is 0 Å². The van der Waals surface area contributed by atoms with E-state index in [4.69, 9.17) is 0 Å². The molecule has 1 heterocycles. The summed E-state index contributed by atoms with van der Waals surface area (Å²) < 4.78 is 1.77. The van der Waals surface area contributed by atoms with Crippen LogP contribution in [0.25, 0.3) is 5.69 Å². The maximum Gasteiger partial charge on any atom is 0.138 e. The Kier molecular flexibility index (Phi) is 4.68. The van der Waals surface area contributed by atoms with Crippen LogP contribution in [0.4, 0.5) is 0 Å². The van der Waals surface area contributed by atoms with Gasteiger partial charge in [0.25, 0.3) is 0 Å². The van der Waals surface area contributed by atoms with Crippen molar-refractivity contribution in [2.45, 2.75) is 32.7 Å². The Morgan fingerprint density at radius 1 is 1.26 bits per heavy atom. The minimum absolute atomic E-state index is 0.441. The molecule has 1 aromatic heterocycles. The van der Waals surface area contributed by atoms with Crippen LogP contribution in [-0.2, 0) is 0 Å². The van der Waals surface area contributed by atoms with E-state index < -0.39 is 0 Å². The van der Waals surface area contributed by atoms with E-state index in [1.165, 1.54) is 18.4 Å². The predicted molar refractivity (Wildman–Crippen MR) is 77.3 cm³/mol. The number of nitrogens with zero attached hydrogens (tertiary/aromatic N) is 4. The lowest BCUT2D eigenvalue weighted by Gasteiger charge is -2.25. The minimum Gasteiger partial charge on any atom is -0.300 e. The number of benzene rings is 1. The summed E-state index contributed by atoms with van der Waals surface area (Å²) in [5.74, 6) is 0. The van der Waals surface area contributed by atoms with Gasteiger partial charge in [-0.25, -0.2) is 9.67 Å². The Balaban J connectivity index is 2.05. The number of hydrogen-bond donors (Lipinski definition) is 0. The standard InChI is InChI=1S/C15H22N4/c1-4-5-10-18(3)13(2)14-6-8-15(9-7-14)19-12-16-11-17-19/h6-9,11-13H,4-5,10H2,1-3H3. The van der Waals surface area contributed by atoms with Crippen LogP contribution in [0.2, 0.25) is 0 Å². The first-order valence-corrected chi connectivity index (χ1v) is 6.87. The van der Waals surface area contributed by atoms with E-state index in [2.05, 4.69) is 60.1 Å². The molecule has 1 atom stereocenters. The van der Waals surface area contributed by atoms with Crippen molar-refractivity contribution < 1.29 is 0 Å². The molecular weight excluding hydrogens is 236 g/mol. The molecule has 19 heavy (non-hydrogen) atoms. The molecule has 2 rings (SSSR count). The van der Waals surface area contributed by atoms with Crippen LogP contribution in [0.5, 0.6) is 0 Å². The van der Waals surface area contributed by atoms with Crippen molar-refractivity contribution in [3.05, 3.63) is 42.5 Å². The van der Waals surface area contributed by atoms with E-state index in [1.807, 2.05) is 0 Å². The summed E-state index contributed by atoms with van der Waals surface area (Å²) in [7, 11) is 2.19. The molecule has 0 aliphatic heterocycles. The molecule has 2 aromatic rings. The van der Waals surface area contributed by atoms with E-state index in [0.29, 0.717) is 6.04 Å². The molecule has 0 amide bonds. The van der Waals surface area contributed by atoms with Gasteiger partial charge in [0.1, 0.15) is 12.7 Å². The molecule has 0 fully saturated rings. The molecule has 4 heteroatoms. The molecule has 102 valence electrons. The largest absolute Gasteiger partial charge is 0.300 e. The summed E-state index contributed by atoms with van der Waals surface area (Å²) in [4.78, 5) is 6.36. The smallest absolute Gasteiger partial charge is 0.138 e. The summed E-state index contributed by atoms with van der Waals surface area (Å²) in [6, 6.07) is 8.97. The summed E-state index contributed by atoms with van der Waals surface area (Å²) in [5.41, 5.74) is 2.38. The van der Waals surface area contributed by atoms with E-state index in [9.17, 15) is 0 Å². The quantitative estimate of drug-likeness (QED) is 0.798. The Morgan fingerprint density at radius 2 is 2.00 bits per heavy atom. The van der Waals surface area contributed by atoms with Crippen LogP contribution in [-0.4, -0.2) is 33.3 Å². The number of aromatic nitrogens is 3. The SMILES string of the molecule is CCCCN(C)C(C)c1ccc(-n2cncn2)cc1. The molecule has 0 saturated carbocycles. The number of unbranched alkanes of at least 4 members (excludes halogenated alkanes) is 1. The van der Waals surface area contributed by atoms with Gasteiger partial charge < -0.3 is 0 Å². The second-order valence-corrected chi connectivity index (χ2v) is 4.94. The van der Waals surface area contributed by atoms with Gasteiger partial charge in [-0.2, -0.15) is 5.10 Å². The highest BCUT2D eigenvalue weighted by atomic mass is 15.3. The summed E-state index contributed by atoms with van der Waals surface area (Å²) in [6.45, 7) is 5.62. The van der Waals surface area contributed by atoms with Crippen molar-refractivity contribution in [3.63, 3.8) is 0 Å². The van der Waals surface area contributed by atoms with Gasteiger partial charge in [-0.1, -0.05) is 25.5 Å². The molecule has 0 aliphatic carbocycles. The van der Waals surface area contributed by atoms with Gasteiger partial charge in [0.15, 0.2) is 0 Å². The van der Waals surface area contributed by atoms with E-state index in [-0.39, 0.29) is 0 Å². The maximum atomic E-state index is 4.13. The van der Waals surface area contributed by atoms with Gasteiger partial charge in [0.2, 0.25) is 0 Å². The van der Waals surface area contributed by atoms with Crippen LogP contribution in [0.15, 0.2) is 36.9 Å². The first-order valence-electron chi connectivity index (χ1n) is 6.87. The molecule has 1 unspecified atom stereocenters. The molecular formula is C15H22N4. The van der Waals surface area contributed by atoms with Gasteiger partial charge >= 0.3 is 0 Å². The highest BCUT2D eigenvalue weighted by Gasteiger charge is 2.11. The third-order valence-corrected chi connectivity index (χ3v) is 3.58. The number of rotatable bonds is 6. The third kappa shape index (κ3) is 3.41. The van der Waals surface area contributed by atoms with E-state index in [1.54, 1.807) is 17.3 Å². The van der Waals surface area contributed by atoms with Crippen molar-refractivity contribution in [1.82, 2.24) is 19.7 Å². The molecule has 0 spiro atoms. The zero-order valence-electron chi connectivity index (χ0n) is 12.0. The maximum absolute atomic E-state index is 4.13. The molecule has 0 bridgehead atoms. The lowest BCUT2D eigenvalue weighted by atomic mass is 10.1. The van der Waals surface area contributed by atoms with Crippen LogP contribution >= 0.6 is 0 Å². The molecule has 0 radical (unpaired) electrons. The number of hydrogen-bond acceptors (Lipinski definition) is 3. The normalized spacial score (nSPS) is 12.8. The second-order valence-electron chi connectivity index (χ2n) is 4.94. The monoisotopic (exact) mass is 258 g/mol. The molecule has 0 saturated heterocycles. The van der Waals surface area contributed by atoms with Crippen LogP contribution in [0, 0.1) is 0 Å². The van der Waals surface area contributed by atoms with Crippen LogP contribution < -0.4 is 0 Å². The average Bonchev–Trinajstić information content (AvgIpc) is 2.98. The summed E-state index contributed by atoms with van der Waals surface area (Å²) >= 11 is 0. The first-order chi connectivity index (χ1) is 9.22. The minimum atomic E-state index is 0.441. The highest BCUT2D eigenvalue weighted by Crippen LogP contribution is 2.20. The molecule has 0 aliphatic rings. The average molecular weight is 258 g/mol. The fraction of sp³-hybridized carbons (Fsp3) is 0.467. The Bertz CT molecular complexity index is 475. The van der Waals surface area contributed by atoms with Gasteiger partial charge in [-0.3, -0.25) is 4.90 Å². The highest BCUT2D eigenvalue weighted by molar-refractivity contribution is 5.34. The van der Waals surface area contributed by atoms with Crippen LogP contribution in [0.1, 0.15) is 38.3 Å². The Morgan fingerprint density at radius 3 is 2.58 bits per heavy atom. The zero-order chi connectivity index (χ0) is 13.7. The van der Waals surface area contributed by atoms with Crippen molar-refractivity contribution in [2.75, 3.05) is 13.6 Å². The summed E-state index contributed by atoms with van der Waals surface area (Å²) in [6.07, 6.45) is 5.75. The third-order valence-electron chi connectivity index (χ3n) is 3.58. The van der Waals surface area contributed by atoms with Gasteiger partial charge in [0.05, 0.1) is 5.69 Å². The van der Waals surface area contributed by atoms with E-state index in [0.717, 1.165) is 12.2 Å². The molecule has 4 nitrogen and oxygen atoms in total. The van der Waals surface area contributed by atoms with Crippen molar-refractivity contribution in [1.29, 1.82) is 0 Å². The molecule has 1 aromatic carbocycles. The lowest BCUT2D eigenvalue weighted by molar-refractivity contribution is 0.257. The van der Waals surface area contributed by atoms with Gasteiger partial charge in [-0.15, -0.1) is 0 Å². The van der Waals surface area contributed by atoms with Crippen molar-refractivity contribution in [3.8, 4) is 5.69 Å². The molecule has 0 N–H and O–H groups in total. The lowest BCUT2D eigenvalue weighted by Crippen LogP contribution is -2.23. The van der Waals surface area contributed by atoms with Gasteiger partial charge in [0, 0.05) is 6.04 Å².